The van der Waals surface area contributed by atoms with Crippen LogP contribution < -0.4 is 15.5 Å². The second kappa shape index (κ2) is 7.65. The number of carbonyl (C=O) groups is 1. The van der Waals surface area contributed by atoms with E-state index in [2.05, 4.69) is 10.4 Å². The van der Waals surface area contributed by atoms with E-state index in [0.29, 0.717) is 18.0 Å². The number of carbonyl (C=O) groups excluding carboxylic acids is 1. The van der Waals surface area contributed by atoms with Gasteiger partial charge in [0.05, 0.1) is 12.3 Å². The third-order valence-electron chi connectivity index (χ3n) is 3.71. The first-order chi connectivity index (χ1) is 12.6. The zero-order valence-corrected chi connectivity index (χ0v) is 14.6. The maximum absolute atomic E-state index is 12.5. The summed E-state index contributed by atoms with van der Waals surface area (Å²) >= 11 is 0. The molecule has 0 bridgehead atoms. The van der Waals surface area contributed by atoms with E-state index >= 15 is 0 Å². The van der Waals surface area contributed by atoms with Crippen LogP contribution in [0.5, 0.6) is 5.75 Å². The van der Waals surface area contributed by atoms with Gasteiger partial charge in [0.1, 0.15) is 5.75 Å². The van der Waals surface area contributed by atoms with Crippen LogP contribution in [0.2, 0.25) is 0 Å². The van der Waals surface area contributed by atoms with Crippen molar-refractivity contribution in [1.29, 1.82) is 0 Å². The molecule has 3 rings (SSSR count). The van der Waals surface area contributed by atoms with Gasteiger partial charge in [-0.25, -0.2) is 4.68 Å². The minimum absolute atomic E-state index is 0.164. The smallest absolute Gasteiger partial charge is 0.280 e. The van der Waals surface area contributed by atoms with E-state index in [9.17, 15) is 9.59 Å². The van der Waals surface area contributed by atoms with Gasteiger partial charge < -0.3 is 10.1 Å². The van der Waals surface area contributed by atoms with Gasteiger partial charge in [-0.05, 0) is 55.8 Å². The fourth-order valence-corrected chi connectivity index (χ4v) is 2.47. The first-order valence-electron chi connectivity index (χ1n) is 8.28. The van der Waals surface area contributed by atoms with E-state index in [4.69, 9.17) is 4.74 Å². The van der Waals surface area contributed by atoms with Gasteiger partial charge in [0.2, 0.25) is 5.43 Å². The van der Waals surface area contributed by atoms with Crippen molar-refractivity contribution in [3.63, 3.8) is 0 Å². The molecule has 0 aliphatic heterocycles. The van der Waals surface area contributed by atoms with Gasteiger partial charge in [0.15, 0.2) is 5.69 Å². The van der Waals surface area contributed by atoms with Crippen LogP contribution in [0.25, 0.3) is 5.69 Å². The van der Waals surface area contributed by atoms with E-state index in [1.54, 1.807) is 30.5 Å². The normalized spacial score (nSPS) is 10.4. The molecule has 132 valence electrons. The number of nitrogens with one attached hydrogen (secondary N) is 1. The van der Waals surface area contributed by atoms with Gasteiger partial charge >= 0.3 is 0 Å². The highest BCUT2D eigenvalue weighted by molar-refractivity contribution is 6.02. The van der Waals surface area contributed by atoms with Gasteiger partial charge in [0, 0.05) is 18.0 Å². The number of amides is 1. The highest BCUT2D eigenvalue weighted by Gasteiger charge is 2.14. The number of aromatic nitrogens is 2. The van der Waals surface area contributed by atoms with E-state index in [1.807, 2.05) is 38.1 Å². The van der Waals surface area contributed by atoms with Crippen molar-refractivity contribution < 1.29 is 9.53 Å². The van der Waals surface area contributed by atoms with Crippen LogP contribution in [-0.2, 0) is 0 Å². The molecule has 0 aliphatic rings. The second-order valence-electron chi connectivity index (χ2n) is 5.72. The molecule has 0 spiro atoms. The van der Waals surface area contributed by atoms with Gasteiger partial charge in [-0.3, -0.25) is 9.59 Å². The third kappa shape index (κ3) is 3.97. The summed E-state index contributed by atoms with van der Waals surface area (Å²) in [5.74, 6) is 0.159. The van der Waals surface area contributed by atoms with Crippen molar-refractivity contribution in [2.75, 3.05) is 11.9 Å². The number of aryl methyl sites for hydroxylation is 1. The topological polar surface area (TPSA) is 73.2 Å². The Bertz CT molecular complexity index is 978. The summed E-state index contributed by atoms with van der Waals surface area (Å²) in [7, 11) is 0. The van der Waals surface area contributed by atoms with Crippen LogP contribution in [0.1, 0.15) is 23.0 Å². The van der Waals surface area contributed by atoms with Crippen LogP contribution >= 0.6 is 0 Å². The van der Waals surface area contributed by atoms with Crippen molar-refractivity contribution >= 4 is 11.6 Å². The number of hydrogen-bond donors (Lipinski definition) is 1. The Kier molecular flexibility index (Phi) is 5.12. The first kappa shape index (κ1) is 17.4. The molecule has 6 heteroatoms. The Labute approximate surface area is 151 Å². The summed E-state index contributed by atoms with van der Waals surface area (Å²) in [6, 6.07) is 15.9. The Morgan fingerprint density at radius 2 is 1.92 bits per heavy atom. The first-order valence-corrected chi connectivity index (χ1v) is 8.28. The molecule has 26 heavy (non-hydrogen) atoms. The Morgan fingerprint density at radius 1 is 1.15 bits per heavy atom. The third-order valence-corrected chi connectivity index (χ3v) is 3.71. The molecule has 1 heterocycles. The molecule has 0 radical (unpaired) electrons. The standard InChI is InChI=1S/C20H19N3O3/c1-3-26-17-9-7-15(8-10-17)21-20(25)19-18(24)11-12-23(22-19)16-6-4-5-14(2)13-16/h4-13H,3H2,1-2H3,(H,21,25). The highest BCUT2D eigenvalue weighted by Crippen LogP contribution is 2.16. The SMILES string of the molecule is CCOc1ccc(NC(=O)c2nn(-c3cccc(C)c3)ccc2=O)cc1. The van der Waals surface area contributed by atoms with Crippen LogP contribution in [0.15, 0.2) is 65.6 Å². The Balaban J connectivity index is 1.85. The average molecular weight is 349 g/mol. The zero-order chi connectivity index (χ0) is 18.5. The molecule has 0 aliphatic carbocycles. The maximum atomic E-state index is 12.5. The number of hydrogen-bond acceptors (Lipinski definition) is 4. The molecular formula is C20H19N3O3. The quantitative estimate of drug-likeness (QED) is 0.768. The van der Waals surface area contributed by atoms with Crippen molar-refractivity contribution in [2.45, 2.75) is 13.8 Å². The molecule has 1 aromatic heterocycles. The summed E-state index contributed by atoms with van der Waals surface area (Å²) in [6.07, 6.45) is 1.55. The van der Waals surface area contributed by atoms with Crippen LogP contribution in [0.4, 0.5) is 5.69 Å². The molecule has 0 fully saturated rings. The molecule has 0 saturated heterocycles. The van der Waals surface area contributed by atoms with Gasteiger partial charge in [-0.1, -0.05) is 12.1 Å². The maximum Gasteiger partial charge on any atom is 0.280 e. The van der Waals surface area contributed by atoms with Crippen molar-refractivity contribution in [2.24, 2.45) is 0 Å². The summed E-state index contributed by atoms with van der Waals surface area (Å²) in [4.78, 5) is 24.6. The van der Waals surface area contributed by atoms with Crippen LogP contribution in [0, 0.1) is 6.92 Å². The lowest BCUT2D eigenvalue weighted by molar-refractivity contribution is 0.101. The second-order valence-corrected chi connectivity index (χ2v) is 5.72. The van der Waals surface area contributed by atoms with Crippen molar-refractivity contribution in [3.05, 3.63) is 82.3 Å². The minimum atomic E-state index is -0.554. The predicted octanol–water partition coefficient (Wildman–Crippen LogP) is 3.19. The molecule has 0 atom stereocenters. The van der Waals surface area contributed by atoms with Crippen molar-refractivity contribution in [3.8, 4) is 11.4 Å². The predicted molar refractivity (Wildman–Crippen MR) is 100 cm³/mol. The lowest BCUT2D eigenvalue weighted by Gasteiger charge is -2.09. The number of benzene rings is 2. The lowest BCUT2D eigenvalue weighted by Crippen LogP contribution is -2.25. The Hall–Kier alpha value is -3.41. The van der Waals surface area contributed by atoms with Gasteiger partial charge in [0.25, 0.3) is 5.91 Å². The number of anilines is 1. The monoisotopic (exact) mass is 349 g/mol. The molecule has 0 unspecified atom stereocenters. The molecule has 1 amide bonds. The highest BCUT2D eigenvalue weighted by atomic mass is 16.5. The molecule has 0 saturated carbocycles. The summed E-state index contributed by atoms with van der Waals surface area (Å²) in [6.45, 7) is 4.43. The fraction of sp³-hybridized carbons (Fsp3) is 0.150. The summed E-state index contributed by atoms with van der Waals surface area (Å²) < 4.78 is 6.88. The molecule has 3 aromatic rings. The lowest BCUT2D eigenvalue weighted by atomic mass is 10.2. The number of rotatable bonds is 5. The van der Waals surface area contributed by atoms with Gasteiger partial charge in [-0.2, -0.15) is 5.10 Å². The average Bonchev–Trinajstić information content (AvgIpc) is 2.64. The van der Waals surface area contributed by atoms with Crippen LogP contribution in [0.3, 0.4) is 0 Å². The summed E-state index contributed by atoms with van der Waals surface area (Å²) in [5, 5.41) is 6.88. The number of nitrogens with zero attached hydrogens (tertiary/aromatic N) is 2. The number of ether oxygens (including phenoxy) is 1. The molecule has 6 nitrogen and oxygen atoms in total. The van der Waals surface area contributed by atoms with Crippen LogP contribution in [-0.4, -0.2) is 22.3 Å². The van der Waals surface area contributed by atoms with E-state index < -0.39 is 11.3 Å². The zero-order valence-electron chi connectivity index (χ0n) is 14.6. The largest absolute Gasteiger partial charge is 0.494 e. The Morgan fingerprint density at radius 3 is 2.62 bits per heavy atom. The van der Waals surface area contributed by atoms with Crippen molar-refractivity contribution in [1.82, 2.24) is 9.78 Å². The fourth-order valence-electron chi connectivity index (χ4n) is 2.47. The van der Waals surface area contributed by atoms with E-state index in [1.165, 1.54) is 10.7 Å². The molecule has 1 N–H and O–H groups in total. The molecular weight excluding hydrogens is 330 g/mol. The molecule has 2 aromatic carbocycles. The van der Waals surface area contributed by atoms with E-state index in [0.717, 1.165) is 11.3 Å². The minimum Gasteiger partial charge on any atom is -0.494 e. The van der Waals surface area contributed by atoms with E-state index in [-0.39, 0.29) is 5.69 Å². The summed E-state index contributed by atoms with van der Waals surface area (Å²) in [5.41, 5.74) is 1.80. The van der Waals surface area contributed by atoms with Gasteiger partial charge in [-0.15, -0.1) is 0 Å².